The number of thiophene rings is 1. The Kier molecular flexibility index (Phi) is 4.53. The first-order valence-electron chi connectivity index (χ1n) is 5.35. The van der Waals surface area contributed by atoms with Gasteiger partial charge in [0, 0.05) is 26.1 Å². The molecule has 0 aliphatic rings. The van der Waals surface area contributed by atoms with Gasteiger partial charge in [0.05, 0.1) is 12.0 Å². The lowest BCUT2D eigenvalue weighted by Gasteiger charge is -2.22. The van der Waals surface area contributed by atoms with Gasteiger partial charge >= 0.3 is 0 Å². The number of hydrogen-bond donors (Lipinski definition) is 0. The van der Waals surface area contributed by atoms with Gasteiger partial charge in [-0.1, -0.05) is 0 Å². The minimum absolute atomic E-state index is 0.569. The minimum Gasteiger partial charge on any atom is -0.383 e. The predicted octanol–water partition coefficient (Wildman–Crippen LogP) is 2.38. The Balaban J connectivity index is 2.30. The number of rotatable bonds is 6. The average Bonchev–Trinajstić information content (AvgIpc) is 2.82. The zero-order valence-electron chi connectivity index (χ0n) is 9.60. The Morgan fingerprint density at radius 1 is 1.41 bits per heavy atom. The number of hydrogen-bond acceptors (Lipinski definition) is 5. The number of fused-ring (bicyclic) bond motifs is 1. The summed E-state index contributed by atoms with van der Waals surface area (Å²) < 4.78 is 5.11. The third kappa shape index (κ3) is 2.86. The molecular weight excluding hydrogens is 258 g/mol. The van der Waals surface area contributed by atoms with E-state index in [4.69, 9.17) is 16.3 Å². The number of anilines is 1. The van der Waals surface area contributed by atoms with Crippen molar-refractivity contribution >= 4 is 39.0 Å². The van der Waals surface area contributed by atoms with Crippen LogP contribution in [0.15, 0.2) is 17.8 Å². The van der Waals surface area contributed by atoms with E-state index in [-0.39, 0.29) is 0 Å². The maximum atomic E-state index is 5.83. The van der Waals surface area contributed by atoms with Crippen molar-refractivity contribution in [1.82, 2.24) is 9.97 Å². The number of methoxy groups -OCH3 is 1. The summed E-state index contributed by atoms with van der Waals surface area (Å²) in [6, 6.07) is 2.05. The van der Waals surface area contributed by atoms with Gasteiger partial charge in [0.1, 0.15) is 17.0 Å². The molecular formula is C11H14ClN3OS. The Morgan fingerprint density at radius 3 is 3.06 bits per heavy atom. The first kappa shape index (κ1) is 12.5. The van der Waals surface area contributed by atoms with Gasteiger partial charge in [0.25, 0.3) is 0 Å². The molecule has 0 spiro atoms. The van der Waals surface area contributed by atoms with E-state index in [1.165, 1.54) is 0 Å². The van der Waals surface area contributed by atoms with Crippen LogP contribution in [-0.4, -0.2) is 42.7 Å². The van der Waals surface area contributed by atoms with Gasteiger partial charge in [-0.2, -0.15) is 0 Å². The molecule has 2 aromatic heterocycles. The zero-order chi connectivity index (χ0) is 12.1. The number of ether oxygens (including phenoxy) is 1. The quantitative estimate of drug-likeness (QED) is 0.756. The second-order valence-corrected chi connectivity index (χ2v) is 4.78. The standard InChI is InChI=1S/C11H14ClN3OS/c1-16-6-5-15(4-3-12)10-9-2-7-17-11(9)14-8-13-10/h2,7-8H,3-6H2,1H3. The SMILES string of the molecule is COCCN(CCCl)c1ncnc2sccc12. The fourth-order valence-electron chi connectivity index (χ4n) is 1.66. The smallest absolute Gasteiger partial charge is 0.140 e. The molecule has 0 saturated carbocycles. The summed E-state index contributed by atoms with van der Waals surface area (Å²) in [4.78, 5) is 11.7. The highest BCUT2D eigenvalue weighted by Crippen LogP contribution is 2.26. The van der Waals surface area contributed by atoms with Gasteiger partial charge in [-0.05, 0) is 11.4 Å². The van der Waals surface area contributed by atoms with Crippen molar-refractivity contribution in [2.75, 3.05) is 37.6 Å². The molecule has 0 fully saturated rings. The van der Waals surface area contributed by atoms with Crippen LogP contribution < -0.4 is 4.90 Å². The van der Waals surface area contributed by atoms with Crippen LogP contribution in [0.3, 0.4) is 0 Å². The van der Waals surface area contributed by atoms with E-state index in [1.807, 2.05) is 11.4 Å². The van der Waals surface area contributed by atoms with Crippen molar-refractivity contribution in [3.8, 4) is 0 Å². The van der Waals surface area contributed by atoms with E-state index >= 15 is 0 Å². The Hall–Kier alpha value is -0.910. The molecule has 0 amide bonds. The van der Waals surface area contributed by atoms with Crippen LogP contribution in [0.25, 0.3) is 10.2 Å². The van der Waals surface area contributed by atoms with Crippen molar-refractivity contribution in [1.29, 1.82) is 0 Å². The van der Waals surface area contributed by atoms with E-state index in [1.54, 1.807) is 24.8 Å². The van der Waals surface area contributed by atoms with Gasteiger partial charge in [-0.15, -0.1) is 22.9 Å². The number of alkyl halides is 1. The van der Waals surface area contributed by atoms with Crippen molar-refractivity contribution in [2.45, 2.75) is 0 Å². The number of nitrogens with zero attached hydrogens (tertiary/aromatic N) is 3. The Bertz CT molecular complexity index is 476. The van der Waals surface area contributed by atoms with Gasteiger partial charge in [0.15, 0.2) is 0 Å². The van der Waals surface area contributed by atoms with Crippen molar-refractivity contribution in [2.24, 2.45) is 0 Å². The van der Waals surface area contributed by atoms with Gasteiger partial charge in [-0.3, -0.25) is 0 Å². The molecule has 0 aliphatic heterocycles. The molecule has 2 aromatic rings. The first-order valence-corrected chi connectivity index (χ1v) is 6.76. The molecule has 0 bridgehead atoms. The van der Waals surface area contributed by atoms with Crippen LogP contribution in [0.2, 0.25) is 0 Å². The monoisotopic (exact) mass is 271 g/mol. The van der Waals surface area contributed by atoms with E-state index in [0.29, 0.717) is 12.5 Å². The molecule has 4 nitrogen and oxygen atoms in total. The maximum Gasteiger partial charge on any atom is 0.140 e. The van der Waals surface area contributed by atoms with E-state index in [9.17, 15) is 0 Å². The lowest BCUT2D eigenvalue weighted by molar-refractivity contribution is 0.205. The molecule has 0 saturated heterocycles. The fraction of sp³-hybridized carbons (Fsp3) is 0.455. The molecule has 0 N–H and O–H groups in total. The lowest BCUT2D eigenvalue weighted by Crippen LogP contribution is -2.30. The normalized spacial score (nSPS) is 10.9. The Labute approximate surface area is 109 Å². The number of halogens is 1. The highest BCUT2D eigenvalue weighted by molar-refractivity contribution is 7.16. The lowest BCUT2D eigenvalue weighted by atomic mass is 10.3. The second-order valence-electron chi connectivity index (χ2n) is 3.51. The van der Waals surface area contributed by atoms with Gasteiger partial charge < -0.3 is 9.64 Å². The van der Waals surface area contributed by atoms with Crippen LogP contribution in [0.5, 0.6) is 0 Å². The van der Waals surface area contributed by atoms with Crippen LogP contribution in [0.1, 0.15) is 0 Å². The van der Waals surface area contributed by atoms with Crippen molar-refractivity contribution in [3.05, 3.63) is 17.8 Å². The van der Waals surface area contributed by atoms with E-state index in [0.717, 1.165) is 29.1 Å². The summed E-state index contributed by atoms with van der Waals surface area (Å²) in [6.45, 7) is 2.20. The van der Waals surface area contributed by atoms with Gasteiger partial charge in [0.2, 0.25) is 0 Å². The molecule has 2 rings (SSSR count). The van der Waals surface area contributed by atoms with Crippen LogP contribution >= 0.6 is 22.9 Å². The molecule has 0 aliphatic carbocycles. The first-order chi connectivity index (χ1) is 8.36. The summed E-state index contributed by atoms with van der Waals surface area (Å²) in [6.07, 6.45) is 1.60. The third-order valence-electron chi connectivity index (χ3n) is 2.46. The molecule has 92 valence electrons. The summed E-state index contributed by atoms with van der Waals surface area (Å²) in [5.41, 5.74) is 0. The van der Waals surface area contributed by atoms with Crippen LogP contribution in [0.4, 0.5) is 5.82 Å². The average molecular weight is 272 g/mol. The van der Waals surface area contributed by atoms with Crippen molar-refractivity contribution < 1.29 is 4.74 Å². The fourth-order valence-corrected chi connectivity index (χ4v) is 2.59. The van der Waals surface area contributed by atoms with E-state index < -0.39 is 0 Å². The van der Waals surface area contributed by atoms with Gasteiger partial charge in [-0.25, -0.2) is 9.97 Å². The summed E-state index contributed by atoms with van der Waals surface area (Å²) in [5.74, 6) is 1.51. The highest BCUT2D eigenvalue weighted by atomic mass is 35.5. The molecule has 0 aromatic carbocycles. The molecule has 0 radical (unpaired) electrons. The largest absolute Gasteiger partial charge is 0.383 e. The second kappa shape index (κ2) is 6.14. The zero-order valence-corrected chi connectivity index (χ0v) is 11.2. The third-order valence-corrected chi connectivity index (χ3v) is 3.45. The topological polar surface area (TPSA) is 38.2 Å². The molecule has 0 unspecified atom stereocenters. The predicted molar refractivity (Wildman–Crippen MR) is 72.2 cm³/mol. The van der Waals surface area contributed by atoms with Crippen LogP contribution in [0, 0.1) is 0 Å². The van der Waals surface area contributed by atoms with Crippen molar-refractivity contribution in [3.63, 3.8) is 0 Å². The maximum absolute atomic E-state index is 5.83. The molecule has 0 atom stereocenters. The van der Waals surface area contributed by atoms with E-state index in [2.05, 4.69) is 14.9 Å². The summed E-state index contributed by atoms with van der Waals surface area (Å²) in [7, 11) is 1.69. The Morgan fingerprint density at radius 2 is 2.29 bits per heavy atom. The molecule has 17 heavy (non-hydrogen) atoms. The summed E-state index contributed by atoms with van der Waals surface area (Å²) in [5, 5.41) is 3.11. The van der Waals surface area contributed by atoms with Crippen LogP contribution in [-0.2, 0) is 4.74 Å². The number of aromatic nitrogens is 2. The minimum atomic E-state index is 0.569. The highest BCUT2D eigenvalue weighted by Gasteiger charge is 2.12. The molecule has 2 heterocycles. The molecule has 6 heteroatoms. The summed E-state index contributed by atoms with van der Waals surface area (Å²) >= 11 is 7.45.